The van der Waals surface area contributed by atoms with Gasteiger partial charge in [-0.25, -0.2) is 9.37 Å². The summed E-state index contributed by atoms with van der Waals surface area (Å²) in [6.45, 7) is 8.60. The number of carbonyl (C=O) groups excluding carboxylic acids is 1. The average Bonchev–Trinajstić information content (AvgIpc) is 3.17. The second-order valence-electron chi connectivity index (χ2n) is 7.70. The summed E-state index contributed by atoms with van der Waals surface area (Å²) < 4.78 is 24.1. The second-order valence-corrected chi connectivity index (χ2v) is 7.70. The highest BCUT2D eigenvalue weighted by atomic mass is 19.1. The number of anilines is 1. The summed E-state index contributed by atoms with van der Waals surface area (Å²) in [5.41, 5.74) is 0.517. The van der Waals surface area contributed by atoms with E-state index in [9.17, 15) is 14.3 Å². The van der Waals surface area contributed by atoms with E-state index in [0.29, 0.717) is 31.3 Å². The molecule has 1 aliphatic rings. The van der Waals surface area contributed by atoms with Gasteiger partial charge in [0.15, 0.2) is 5.69 Å². The van der Waals surface area contributed by atoms with Crippen molar-refractivity contribution in [1.29, 1.82) is 0 Å². The van der Waals surface area contributed by atoms with E-state index in [2.05, 4.69) is 20.1 Å². The molecule has 1 atom stereocenters. The molecule has 0 unspecified atom stereocenters. The third kappa shape index (κ3) is 6.88. The molecule has 0 spiro atoms. The van der Waals surface area contributed by atoms with Crippen molar-refractivity contribution < 1.29 is 23.4 Å². The Kier molecular flexibility index (Phi) is 7.92. The van der Waals surface area contributed by atoms with Crippen molar-refractivity contribution in [2.24, 2.45) is 0 Å². The highest BCUT2D eigenvalue weighted by molar-refractivity contribution is 6.02. The van der Waals surface area contributed by atoms with Crippen LogP contribution < -0.4 is 5.32 Å². The number of amides is 1. The normalized spacial score (nSPS) is 16.7. The molecule has 0 aliphatic carbocycles. The molecule has 1 saturated heterocycles. The Hall–Kier alpha value is -2.33. The van der Waals surface area contributed by atoms with Gasteiger partial charge in [-0.05, 0) is 32.0 Å². The number of aliphatic hydroxyl groups is 1. The molecule has 1 aromatic carbocycles. The molecule has 0 radical (unpaired) electrons. The summed E-state index contributed by atoms with van der Waals surface area (Å²) in [7, 11) is 0. The van der Waals surface area contributed by atoms with Crippen LogP contribution in [0.5, 0.6) is 0 Å². The van der Waals surface area contributed by atoms with Crippen LogP contribution in [0.1, 0.15) is 30.2 Å². The predicted molar refractivity (Wildman–Crippen MR) is 110 cm³/mol. The van der Waals surface area contributed by atoms with E-state index in [0.717, 1.165) is 26.2 Å². The fourth-order valence-electron chi connectivity index (χ4n) is 3.22. The maximum absolute atomic E-state index is 13.2. The molecule has 0 bridgehead atoms. The first-order valence-electron chi connectivity index (χ1n) is 10.1. The van der Waals surface area contributed by atoms with Gasteiger partial charge in [-0.3, -0.25) is 14.6 Å². The van der Waals surface area contributed by atoms with Gasteiger partial charge in [-0.2, -0.15) is 0 Å². The molecule has 30 heavy (non-hydrogen) atoms. The number of nitrogens with one attached hydrogen (secondary N) is 1. The van der Waals surface area contributed by atoms with Crippen LogP contribution in [0, 0.1) is 5.82 Å². The molecule has 164 valence electrons. The van der Waals surface area contributed by atoms with Crippen LogP contribution >= 0.6 is 0 Å². The van der Waals surface area contributed by atoms with Gasteiger partial charge in [0, 0.05) is 38.4 Å². The Morgan fingerprint density at radius 2 is 2.03 bits per heavy atom. The third-order valence-electron chi connectivity index (χ3n) is 4.78. The summed E-state index contributed by atoms with van der Waals surface area (Å²) in [6.07, 6.45) is 0.925. The van der Waals surface area contributed by atoms with Crippen LogP contribution in [0.4, 0.5) is 10.1 Å². The zero-order valence-electron chi connectivity index (χ0n) is 17.4. The zero-order valence-corrected chi connectivity index (χ0v) is 17.4. The molecule has 2 aromatic rings. The Bertz CT molecular complexity index is 821. The monoisotopic (exact) mass is 420 g/mol. The van der Waals surface area contributed by atoms with Crippen LogP contribution in [0.25, 0.3) is 0 Å². The third-order valence-corrected chi connectivity index (χ3v) is 4.78. The first-order chi connectivity index (χ1) is 14.4. The zero-order chi connectivity index (χ0) is 21.5. The molecule has 1 aliphatic heterocycles. The Balaban J connectivity index is 1.42. The number of aromatic nitrogens is 1. The van der Waals surface area contributed by atoms with Crippen LogP contribution in [0.15, 0.2) is 34.9 Å². The number of carbonyl (C=O) groups is 1. The molecule has 2 heterocycles. The van der Waals surface area contributed by atoms with Gasteiger partial charge in [0.1, 0.15) is 12.1 Å². The largest absolute Gasteiger partial charge is 0.447 e. The van der Waals surface area contributed by atoms with Gasteiger partial charge >= 0.3 is 0 Å². The van der Waals surface area contributed by atoms with Crippen molar-refractivity contribution in [3.63, 3.8) is 0 Å². The van der Waals surface area contributed by atoms with Gasteiger partial charge in [-0.1, -0.05) is 6.07 Å². The number of aliphatic hydroxyl groups excluding tert-OH is 1. The molecule has 1 amide bonds. The number of benzene rings is 1. The van der Waals surface area contributed by atoms with Crippen molar-refractivity contribution in [2.75, 3.05) is 44.6 Å². The fraction of sp³-hybridized carbons (Fsp3) is 0.524. The number of nitrogens with zero attached hydrogens (tertiary/aromatic N) is 3. The number of β-amino-alcohol motifs (C(OH)–C–C–N with tert-alkyl or cyclic N) is 1. The van der Waals surface area contributed by atoms with Gasteiger partial charge in [0.2, 0.25) is 5.89 Å². The minimum Gasteiger partial charge on any atom is -0.447 e. The molecular weight excluding hydrogens is 391 g/mol. The topological polar surface area (TPSA) is 91.1 Å². The smallest absolute Gasteiger partial charge is 0.277 e. The van der Waals surface area contributed by atoms with Gasteiger partial charge in [-0.15, -0.1) is 0 Å². The Labute approximate surface area is 175 Å². The lowest BCUT2D eigenvalue weighted by molar-refractivity contribution is -0.0151. The SMILES string of the molecule is CC(C)OC[C@@H](O)CN1CCN(Cc2nc(C(=O)Nc3cccc(F)c3)co2)CC1. The first-order valence-corrected chi connectivity index (χ1v) is 10.1. The van der Waals surface area contributed by atoms with Gasteiger partial charge in [0.05, 0.1) is 25.4 Å². The highest BCUT2D eigenvalue weighted by Crippen LogP contribution is 2.13. The van der Waals surface area contributed by atoms with Crippen molar-refractivity contribution in [3.05, 3.63) is 47.9 Å². The van der Waals surface area contributed by atoms with Crippen molar-refractivity contribution in [1.82, 2.24) is 14.8 Å². The standard InChI is InChI=1S/C21H29FN4O4/c1-15(2)29-13-18(27)11-25-6-8-26(9-7-25)12-20-24-19(14-30-20)21(28)23-17-5-3-4-16(22)10-17/h3-5,10,14-15,18,27H,6-9,11-13H2,1-2H3,(H,23,28)/t18-/m0/s1. The summed E-state index contributed by atoms with van der Waals surface area (Å²) in [4.78, 5) is 20.9. The number of hydrogen-bond acceptors (Lipinski definition) is 7. The first kappa shape index (κ1) is 22.4. The lowest BCUT2D eigenvalue weighted by Crippen LogP contribution is -2.48. The molecule has 3 rings (SSSR count). The van der Waals surface area contributed by atoms with Crippen LogP contribution in [0.3, 0.4) is 0 Å². The van der Waals surface area contributed by atoms with Crippen molar-refractivity contribution in [3.8, 4) is 0 Å². The fourth-order valence-corrected chi connectivity index (χ4v) is 3.22. The Morgan fingerprint density at radius 3 is 2.73 bits per heavy atom. The predicted octanol–water partition coefficient (Wildman–Crippen LogP) is 1.97. The molecule has 1 aromatic heterocycles. The van der Waals surface area contributed by atoms with E-state index >= 15 is 0 Å². The summed E-state index contributed by atoms with van der Waals surface area (Å²) in [5.74, 6) is -0.413. The lowest BCUT2D eigenvalue weighted by atomic mass is 10.2. The average molecular weight is 420 g/mol. The van der Waals surface area contributed by atoms with Gasteiger partial charge in [0.25, 0.3) is 5.91 Å². The summed E-state index contributed by atoms with van der Waals surface area (Å²) in [6, 6.07) is 5.68. The van der Waals surface area contributed by atoms with E-state index in [1.807, 2.05) is 13.8 Å². The number of piperazine rings is 1. The molecular formula is C21H29FN4O4. The van der Waals surface area contributed by atoms with E-state index in [1.165, 1.54) is 24.5 Å². The minimum absolute atomic E-state index is 0.109. The van der Waals surface area contributed by atoms with Crippen LogP contribution in [-0.2, 0) is 11.3 Å². The molecule has 1 fully saturated rings. The number of ether oxygens (including phenoxy) is 1. The number of hydrogen-bond donors (Lipinski definition) is 2. The highest BCUT2D eigenvalue weighted by Gasteiger charge is 2.21. The molecule has 9 heteroatoms. The molecule has 0 saturated carbocycles. The van der Waals surface area contributed by atoms with Crippen LogP contribution in [0.2, 0.25) is 0 Å². The quantitative estimate of drug-likeness (QED) is 0.641. The molecule has 8 nitrogen and oxygen atoms in total. The summed E-state index contributed by atoms with van der Waals surface area (Å²) >= 11 is 0. The number of oxazole rings is 1. The van der Waals surface area contributed by atoms with E-state index in [1.54, 1.807) is 6.07 Å². The van der Waals surface area contributed by atoms with Crippen LogP contribution in [-0.4, -0.2) is 77.3 Å². The lowest BCUT2D eigenvalue weighted by Gasteiger charge is -2.35. The maximum atomic E-state index is 13.2. The number of rotatable bonds is 9. The Morgan fingerprint density at radius 1 is 1.30 bits per heavy atom. The van der Waals surface area contributed by atoms with Gasteiger partial charge < -0.3 is 19.6 Å². The van der Waals surface area contributed by atoms with Crippen molar-refractivity contribution in [2.45, 2.75) is 32.6 Å². The summed E-state index contributed by atoms with van der Waals surface area (Å²) in [5, 5.41) is 12.7. The van der Waals surface area contributed by atoms with Crippen molar-refractivity contribution >= 4 is 11.6 Å². The minimum atomic E-state index is -0.496. The van der Waals surface area contributed by atoms with E-state index in [-0.39, 0.29) is 11.8 Å². The van der Waals surface area contributed by atoms with E-state index in [4.69, 9.17) is 9.15 Å². The molecule has 2 N–H and O–H groups in total. The maximum Gasteiger partial charge on any atom is 0.277 e. The number of halogens is 1. The van der Waals surface area contributed by atoms with E-state index < -0.39 is 17.8 Å². The second kappa shape index (κ2) is 10.6.